The largest absolute Gasteiger partial charge is 0.450 e. The number of rotatable bonds is 10. The Morgan fingerprint density at radius 3 is 2.00 bits per heavy atom. The van der Waals surface area contributed by atoms with Gasteiger partial charge in [0, 0.05) is 0 Å². The second-order valence-corrected chi connectivity index (χ2v) is 16.2. The van der Waals surface area contributed by atoms with Crippen molar-refractivity contribution < 1.29 is 33.8 Å². The molecule has 2 aromatic rings. The van der Waals surface area contributed by atoms with Crippen molar-refractivity contribution in [2.75, 3.05) is 6.61 Å². The molecule has 0 radical (unpaired) electrons. The molecule has 0 bridgehead atoms. The first-order chi connectivity index (χ1) is 19.2. The fraction of sp³-hybridized carbons (Fsp3) is 0.516. The standard InChI is InChI=1S/C31H44N2O7Si/c1-7-8-21-39-28(36)32-25-24(33(27(35)26(25)34)29(37)40-30(2,3)4)19-20-31(5,6)41(38,22-15-11-9-12-16-22)23-17-13-10-14-18-23/h9-18,24-26,34,38H,7-8,19-21H2,1-6H3,(H,32,36)/t24-,25-,26-/m1/s1. The second-order valence-electron chi connectivity index (χ2n) is 12.2. The van der Waals surface area contributed by atoms with E-state index in [9.17, 15) is 24.3 Å². The number of carbonyl (C=O) groups is 3. The van der Waals surface area contributed by atoms with Crippen LogP contribution >= 0.6 is 0 Å². The van der Waals surface area contributed by atoms with Gasteiger partial charge in [0.15, 0.2) is 6.10 Å². The smallest absolute Gasteiger partial charge is 0.417 e. The van der Waals surface area contributed by atoms with Crippen LogP contribution in [0.4, 0.5) is 9.59 Å². The van der Waals surface area contributed by atoms with E-state index in [0.29, 0.717) is 12.8 Å². The molecule has 1 aliphatic heterocycles. The number of likely N-dealkylation sites (tertiary alicyclic amines) is 1. The minimum Gasteiger partial charge on any atom is -0.450 e. The molecular weight excluding hydrogens is 540 g/mol. The van der Waals surface area contributed by atoms with Crippen LogP contribution in [0, 0.1) is 0 Å². The van der Waals surface area contributed by atoms with Gasteiger partial charge in [-0.1, -0.05) is 87.9 Å². The molecule has 3 N–H and O–H groups in total. The van der Waals surface area contributed by atoms with Crippen molar-refractivity contribution in [3.05, 3.63) is 60.7 Å². The first kappa shape index (κ1) is 32.3. The molecule has 1 fully saturated rings. The highest BCUT2D eigenvalue weighted by atomic mass is 28.4. The van der Waals surface area contributed by atoms with Gasteiger partial charge in [0.25, 0.3) is 14.2 Å². The van der Waals surface area contributed by atoms with Gasteiger partial charge in [-0.3, -0.25) is 4.79 Å². The first-order valence-corrected chi connectivity index (χ1v) is 16.2. The summed E-state index contributed by atoms with van der Waals surface area (Å²) in [5.41, 5.74) is -0.884. The monoisotopic (exact) mass is 584 g/mol. The lowest BCUT2D eigenvalue weighted by Crippen LogP contribution is -2.65. The van der Waals surface area contributed by atoms with E-state index in [1.807, 2.05) is 81.4 Å². The summed E-state index contributed by atoms with van der Waals surface area (Å²) in [6.07, 6.45) is -1.26. The molecular formula is C31H44N2O7Si. The SMILES string of the molecule is CCCCOC(=O)N[C@@H]1[C@@H](CCC(C)(C)[Si](O)(c2ccccc2)c2ccccc2)N(C(=O)OC(C)(C)C)C(=O)[C@@H]1O. The molecule has 1 aliphatic rings. The fourth-order valence-electron chi connectivity index (χ4n) is 5.33. The molecule has 3 atom stereocenters. The summed E-state index contributed by atoms with van der Waals surface area (Å²) in [6, 6.07) is 17.0. The normalized spacial score (nSPS) is 19.7. The number of aliphatic hydroxyl groups excluding tert-OH is 1. The zero-order chi connectivity index (χ0) is 30.4. The molecule has 0 spiro atoms. The van der Waals surface area contributed by atoms with Crippen molar-refractivity contribution >= 4 is 36.8 Å². The minimum atomic E-state index is -3.39. The van der Waals surface area contributed by atoms with Crippen LogP contribution in [0.5, 0.6) is 0 Å². The average molecular weight is 585 g/mol. The minimum absolute atomic E-state index is 0.194. The Morgan fingerprint density at radius 1 is 0.976 bits per heavy atom. The molecule has 0 aliphatic carbocycles. The molecule has 0 saturated carbocycles. The number of nitrogens with zero attached hydrogens (tertiary/aromatic N) is 1. The van der Waals surface area contributed by atoms with E-state index in [2.05, 4.69) is 5.32 Å². The van der Waals surface area contributed by atoms with E-state index in [0.717, 1.165) is 21.7 Å². The second kappa shape index (κ2) is 13.2. The third-order valence-corrected chi connectivity index (χ3v) is 12.2. The number of alkyl carbamates (subject to hydrolysis) is 1. The van der Waals surface area contributed by atoms with E-state index >= 15 is 0 Å². The zero-order valence-electron chi connectivity index (χ0n) is 24.9. The van der Waals surface area contributed by atoms with Gasteiger partial charge in [0.05, 0.1) is 18.7 Å². The van der Waals surface area contributed by atoms with Crippen LogP contribution in [0.15, 0.2) is 60.7 Å². The molecule has 3 rings (SSSR count). The van der Waals surface area contributed by atoms with Crippen LogP contribution in [-0.2, 0) is 14.3 Å². The van der Waals surface area contributed by atoms with Gasteiger partial charge in [-0.2, -0.15) is 0 Å². The maximum atomic E-state index is 13.2. The van der Waals surface area contributed by atoms with Crippen LogP contribution < -0.4 is 15.7 Å². The van der Waals surface area contributed by atoms with Crippen molar-refractivity contribution in [2.24, 2.45) is 0 Å². The maximum absolute atomic E-state index is 13.2. The van der Waals surface area contributed by atoms with Crippen molar-refractivity contribution in [1.82, 2.24) is 10.2 Å². The summed E-state index contributed by atoms with van der Waals surface area (Å²) in [6.45, 7) is 11.2. The summed E-state index contributed by atoms with van der Waals surface area (Å²) in [4.78, 5) is 52.5. The third kappa shape index (κ3) is 7.36. The number of hydrogen-bond donors (Lipinski definition) is 3. The number of ether oxygens (including phenoxy) is 2. The van der Waals surface area contributed by atoms with Gasteiger partial charge >= 0.3 is 12.2 Å². The summed E-state index contributed by atoms with van der Waals surface area (Å²) in [5, 5.41) is 14.5. The Balaban J connectivity index is 1.96. The lowest BCUT2D eigenvalue weighted by atomic mass is 9.97. The number of amides is 3. The number of benzene rings is 2. The molecule has 9 nitrogen and oxygen atoms in total. The molecule has 3 amide bonds. The molecule has 41 heavy (non-hydrogen) atoms. The number of nitrogens with one attached hydrogen (secondary N) is 1. The number of hydrogen-bond acceptors (Lipinski definition) is 7. The summed E-state index contributed by atoms with van der Waals surface area (Å²) in [7, 11) is -3.39. The lowest BCUT2D eigenvalue weighted by molar-refractivity contribution is -0.134. The summed E-state index contributed by atoms with van der Waals surface area (Å²) < 4.78 is 10.7. The average Bonchev–Trinajstić information content (AvgIpc) is 3.16. The number of imide groups is 1. The van der Waals surface area contributed by atoms with E-state index < -0.39 is 55.2 Å². The molecule has 10 heteroatoms. The van der Waals surface area contributed by atoms with Gasteiger partial charge < -0.3 is 24.7 Å². The van der Waals surface area contributed by atoms with Crippen LogP contribution in [0.25, 0.3) is 0 Å². The lowest BCUT2D eigenvalue weighted by Gasteiger charge is -2.42. The molecule has 224 valence electrons. The number of aliphatic hydroxyl groups is 1. The zero-order valence-corrected chi connectivity index (χ0v) is 25.9. The predicted octanol–water partition coefficient (Wildman–Crippen LogP) is 3.70. The highest BCUT2D eigenvalue weighted by Crippen LogP contribution is 2.42. The Hall–Kier alpha value is -3.21. The van der Waals surface area contributed by atoms with Crippen molar-refractivity contribution in [3.63, 3.8) is 0 Å². The van der Waals surface area contributed by atoms with Gasteiger partial charge in [0.2, 0.25) is 0 Å². The van der Waals surface area contributed by atoms with Crippen molar-refractivity contribution in [1.29, 1.82) is 0 Å². The van der Waals surface area contributed by atoms with Crippen LogP contribution in [0.1, 0.15) is 67.2 Å². The third-order valence-electron chi connectivity index (χ3n) is 7.61. The maximum Gasteiger partial charge on any atom is 0.417 e. The molecule has 2 aromatic carbocycles. The molecule has 1 heterocycles. The predicted molar refractivity (Wildman–Crippen MR) is 159 cm³/mol. The number of unbranched alkanes of at least 4 members (excludes halogenated alkanes) is 1. The van der Waals surface area contributed by atoms with E-state index in [-0.39, 0.29) is 13.0 Å². The quantitative estimate of drug-likeness (QED) is 0.287. The van der Waals surface area contributed by atoms with Crippen LogP contribution in [0.2, 0.25) is 5.04 Å². The van der Waals surface area contributed by atoms with E-state index in [1.165, 1.54) is 0 Å². The Morgan fingerprint density at radius 2 is 1.51 bits per heavy atom. The Bertz CT molecular complexity index is 1140. The van der Waals surface area contributed by atoms with E-state index in [1.54, 1.807) is 20.8 Å². The van der Waals surface area contributed by atoms with E-state index in [4.69, 9.17) is 9.47 Å². The molecule has 1 saturated heterocycles. The van der Waals surface area contributed by atoms with Crippen molar-refractivity contribution in [2.45, 2.75) is 96.1 Å². The van der Waals surface area contributed by atoms with Crippen LogP contribution in [0.3, 0.4) is 0 Å². The highest BCUT2D eigenvalue weighted by molar-refractivity contribution is 6.98. The Kier molecular flexibility index (Phi) is 10.4. The fourth-order valence-corrected chi connectivity index (χ4v) is 9.09. The van der Waals surface area contributed by atoms with Crippen molar-refractivity contribution in [3.8, 4) is 0 Å². The highest BCUT2D eigenvalue weighted by Gasteiger charge is 2.55. The summed E-state index contributed by atoms with van der Waals surface area (Å²) in [5.74, 6) is -0.848. The number of carbonyl (C=O) groups excluding carboxylic acids is 3. The van der Waals surface area contributed by atoms with Gasteiger partial charge in [-0.25, -0.2) is 14.5 Å². The summed E-state index contributed by atoms with van der Waals surface area (Å²) >= 11 is 0. The van der Waals surface area contributed by atoms with Gasteiger partial charge in [-0.15, -0.1) is 0 Å². The van der Waals surface area contributed by atoms with Crippen LogP contribution in [-0.4, -0.2) is 71.6 Å². The van der Waals surface area contributed by atoms with Gasteiger partial charge in [-0.05, 0) is 55.4 Å². The topological polar surface area (TPSA) is 125 Å². The first-order valence-electron chi connectivity index (χ1n) is 14.2. The Labute approximate surface area is 244 Å². The molecule has 0 unspecified atom stereocenters. The molecule has 0 aromatic heterocycles. The van der Waals surface area contributed by atoms with Gasteiger partial charge in [0.1, 0.15) is 5.60 Å².